The highest BCUT2D eigenvalue weighted by atomic mass is 16.1. The average Bonchev–Trinajstić information content (AvgIpc) is 2.86. The van der Waals surface area contributed by atoms with Crippen molar-refractivity contribution >= 4 is 5.91 Å². The minimum absolute atomic E-state index is 0.197. The van der Waals surface area contributed by atoms with Gasteiger partial charge < -0.3 is 10.6 Å². The normalized spacial score (nSPS) is 43.6. The minimum Gasteiger partial charge on any atom is -0.359 e. The Hall–Kier alpha value is -0.570. The molecule has 2 aliphatic rings. The molecule has 1 aliphatic heterocycles. The molecule has 1 saturated heterocycles. The largest absolute Gasteiger partial charge is 0.359 e. The van der Waals surface area contributed by atoms with Crippen molar-refractivity contribution in [2.45, 2.75) is 26.7 Å². The maximum absolute atomic E-state index is 11.8. The second-order valence-corrected chi connectivity index (χ2v) is 5.62. The fraction of sp³-hybridized carbons (Fsp3) is 0.923. The summed E-state index contributed by atoms with van der Waals surface area (Å²) >= 11 is 0. The van der Waals surface area contributed by atoms with Gasteiger partial charge in [-0.3, -0.25) is 4.79 Å². The van der Waals surface area contributed by atoms with Crippen LogP contribution < -0.4 is 10.6 Å². The molecule has 2 rings (SSSR count). The van der Waals surface area contributed by atoms with Gasteiger partial charge in [0, 0.05) is 13.6 Å². The second-order valence-electron chi connectivity index (χ2n) is 5.62. The molecule has 1 heterocycles. The van der Waals surface area contributed by atoms with E-state index in [1.54, 1.807) is 7.05 Å². The van der Waals surface area contributed by atoms with Crippen LogP contribution in [0.4, 0.5) is 0 Å². The zero-order chi connectivity index (χ0) is 11.7. The molecule has 0 aromatic rings. The van der Waals surface area contributed by atoms with Crippen LogP contribution in [0.3, 0.4) is 0 Å². The van der Waals surface area contributed by atoms with E-state index in [2.05, 4.69) is 24.5 Å². The lowest BCUT2D eigenvalue weighted by Gasteiger charge is -2.28. The third-order valence-electron chi connectivity index (χ3n) is 4.92. The molecule has 2 fully saturated rings. The van der Waals surface area contributed by atoms with Crippen LogP contribution in [0.5, 0.6) is 0 Å². The molecule has 1 amide bonds. The Morgan fingerprint density at radius 2 is 1.94 bits per heavy atom. The van der Waals surface area contributed by atoms with Crippen LogP contribution in [0.1, 0.15) is 26.7 Å². The van der Waals surface area contributed by atoms with Gasteiger partial charge in [0.25, 0.3) is 0 Å². The van der Waals surface area contributed by atoms with Gasteiger partial charge in [-0.15, -0.1) is 0 Å². The van der Waals surface area contributed by atoms with Crippen LogP contribution in [-0.4, -0.2) is 26.0 Å². The lowest BCUT2D eigenvalue weighted by atomic mass is 9.77. The van der Waals surface area contributed by atoms with E-state index in [1.807, 2.05) is 0 Å². The van der Waals surface area contributed by atoms with Gasteiger partial charge in [-0.2, -0.15) is 0 Å². The van der Waals surface area contributed by atoms with E-state index in [9.17, 15) is 4.79 Å². The third kappa shape index (κ3) is 1.97. The Morgan fingerprint density at radius 1 is 1.19 bits per heavy atom. The Kier molecular flexibility index (Phi) is 3.53. The lowest BCUT2D eigenvalue weighted by molar-refractivity contribution is -0.125. The van der Waals surface area contributed by atoms with Crippen LogP contribution in [0, 0.1) is 29.6 Å². The molecule has 3 heteroatoms. The molecular formula is C13H24N2O. The Balaban J connectivity index is 2.05. The molecule has 92 valence electrons. The van der Waals surface area contributed by atoms with Gasteiger partial charge in [0.1, 0.15) is 0 Å². The zero-order valence-corrected chi connectivity index (χ0v) is 10.6. The van der Waals surface area contributed by atoms with Crippen molar-refractivity contribution in [3.05, 3.63) is 0 Å². The quantitative estimate of drug-likeness (QED) is 0.741. The minimum atomic E-state index is 0.197. The summed E-state index contributed by atoms with van der Waals surface area (Å²) in [6.45, 7) is 6.60. The van der Waals surface area contributed by atoms with Gasteiger partial charge >= 0.3 is 0 Å². The van der Waals surface area contributed by atoms with Gasteiger partial charge in [-0.25, -0.2) is 0 Å². The summed E-state index contributed by atoms with van der Waals surface area (Å²) in [6.07, 6.45) is 2.64. The highest BCUT2D eigenvalue weighted by Gasteiger charge is 2.43. The van der Waals surface area contributed by atoms with Crippen molar-refractivity contribution in [3.63, 3.8) is 0 Å². The van der Waals surface area contributed by atoms with Crippen molar-refractivity contribution in [2.75, 3.05) is 20.1 Å². The number of hydrogen-bond donors (Lipinski definition) is 2. The van der Waals surface area contributed by atoms with E-state index in [1.165, 1.54) is 12.8 Å². The molecule has 1 saturated carbocycles. The first-order valence-corrected chi connectivity index (χ1v) is 6.57. The Labute approximate surface area is 98.4 Å². The SMILES string of the molecule is CNC(=O)C1CNCC1[C@H]1CC[C@@H](C)[C@H]1C. The molecule has 1 aliphatic carbocycles. The van der Waals surface area contributed by atoms with E-state index >= 15 is 0 Å². The summed E-state index contributed by atoms with van der Waals surface area (Å²) in [4.78, 5) is 11.8. The predicted molar refractivity (Wildman–Crippen MR) is 65.0 cm³/mol. The molecule has 5 atom stereocenters. The summed E-state index contributed by atoms with van der Waals surface area (Å²) < 4.78 is 0. The standard InChI is InChI=1S/C13H24N2O/c1-8-4-5-10(9(8)2)11-6-15-7-12(11)13(16)14-3/h8-12,15H,4-7H2,1-3H3,(H,14,16)/t8-,9-,10+,11?,12?/m1/s1. The van der Waals surface area contributed by atoms with Crippen molar-refractivity contribution in [3.8, 4) is 0 Å². The van der Waals surface area contributed by atoms with Crippen molar-refractivity contribution in [1.29, 1.82) is 0 Å². The smallest absolute Gasteiger partial charge is 0.224 e. The maximum Gasteiger partial charge on any atom is 0.224 e. The van der Waals surface area contributed by atoms with Crippen molar-refractivity contribution in [1.82, 2.24) is 10.6 Å². The van der Waals surface area contributed by atoms with E-state index in [0.29, 0.717) is 5.92 Å². The van der Waals surface area contributed by atoms with Crippen LogP contribution >= 0.6 is 0 Å². The van der Waals surface area contributed by atoms with E-state index < -0.39 is 0 Å². The molecule has 3 nitrogen and oxygen atoms in total. The van der Waals surface area contributed by atoms with Gasteiger partial charge in [-0.1, -0.05) is 20.3 Å². The van der Waals surface area contributed by atoms with E-state index in [4.69, 9.17) is 0 Å². The van der Waals surface area contributed by atoms with Gasteiger partial charge in [0.05, 0.1) is 5.92 Å². The average molecular weight is 224 g/mol. The number of hydrogen-bond acceptors (Lipinski definition) is 2. The molecule has 0 aromatic heterocycles. The summed E-state index contributed by atoms with van der Waals surface area (Å²) in [6, 6.07) is 0. The maximum atomic E-state index is 11.8. The second kappa shape index (κ2) is 4.74. The molecule has 0 radical (unpaired) electrons. The monoisotopic (exact) mass is 224 g/mol. The molecule has 16 heavy (non-hydrogen) atoms. The molecule has 0 bridgehead atoms. The van der Waals surface area contributed by atoms with E-state index in [0.717, 1.165) is 30.8 Å². The van der Waals surface area contributed by atoms with Crippen molar-refractivity contribution in [2.24, 2.45) is 29.6 Å². The fourth-order valence-corrected chi connectivity index (χ4v) is 3.63. The molecule has 0 spiro atoms. The van der Waals surface area contributed by atoms with Crippen molar-refractivity contribution < 1.29 is 4.79 Å². The number of nitrogens with one attached hydrogen (secondary N) is 2. The Morgan fingerprint density at radius 3 is 2.50 bits per heavy atom. The number of carbonyl (C=O) groups is 1. The first-order chi connectivity index (χ1) is 7.65. The van der Waals surface area contributed by atoms with Crippen LogP contribution in [-0.2, 0) is 4.79 Å². The fourth-order valence-electron chi connectivity index (χ4n) is 3.63. The highest BCUT2D eigenvalue weighted by Crippen LogP contribution is 2.44. The number of amides is 1. The first kappa shape index (κ1) is 11.9. The van der Waals surface area contributed by atoms with Crippen LogP contribution in [0.25, 0.3) is 0 Å². The predicted octanol–water partition coefficient (Wildman–Crippen LogP) is 1.25. The topological polar surface area (TPSA) is 41.1 Å². The van der Waals surface area contributed by atoms with Gasteiger partial charge in [-0.05, 0) is 36.6 Å². The van der Waals surface area contributed by atoms with E-state index in [-0.39, 0.29) is 11.8 Å². The number of rotatable bonds is 2. The van der Waals surface area contributed by atoms with Gasteiger partial charge in [0.15, 0.2) is 0 Å². The summed E-state index contributed by atoms with van der Waals surface area (Å²) in [5.74, 6) is 3.32. The third-order valence-corrected chi connectivity index (χ3v) is 4.92. The molecular weight excluding hydrogens is 200 g/mol. The first-order valence-electron chi connectivity index (χ1n) is 6.57. The highest BCUT2D eigenvalue weighted by molar-refractivity contribution is 5.79. The molecule has 2 N–H and O–H groups in total. The number of carbonyl (C=O) groups excluding carboxylic acids is 1. The van der Waals surface area contributed by atoms with Crippen LogP contribution in [0.15, 0.2) is 0 Å². The summed E-state index contributed by atoms with van der Waals surface area (Å²) in [7, 11) is 1.75. The Bertz CT molecular complexity index is 267. The molecule has 0 aromatic carbocycles. The summed E-state index contributed by atoms with van der Waals surface area (Å²) in [5.41, 5.74) is 0. The summed E-state index contributed by atoms with van der Waals surface area (Å²) in [5, 5.41) is 6.20. The molecule has 2 unspecified atom stereocenters. The zero-order valence-electron chi connectivity index (χ0n) is 10.6. The van der Waals surface area contributed by atoms with Gasteiger partial charge in [0.2, 0.25) is 5.91 Å². The lowest BCUT2D eigenvalue weighted by Crippen LogP contribution is -2.36. The van der Waals surface area contributed by atoms with Crippen LogP contribution in [0.2, 0.25) is 0 Å².